The summed E-state index contributed by atoms with van der Waals surface area (Å²) in [5, 5.41) is 3.49. The maximum absolute atomic E-state index is 3.49. The molecule has 0 fully saturated rings. The molecule has 0 radical (unpaired) electrons. The van der Waals surface area contributed by atoms with E-state index in [1.807, 2.05) is 0 Å². The van der Waals surface area contributed by atoms with E-state index >= 15 is 0 Å². The summed E-state index contributed by atoms with van der Waals surface area (Å²) < 4.78 is 0. The van der Waals surface area contributed by atoms with Crippen LogP contribution >= 0.6 is 11.3 Å². The van der Waals surface area contributed by atoms with Crippen molar-refractivity contribution in [1.29, 1.82) is 0 Å². The molecule has 2 rings (SSSR count). The minimum absolute atomic E-state index is 0.577. The maximum atomic E-state index is 3.49. The molecule has 1 heterocycles. The number of hydrogen-bond acceptors (Lipinski definition) is 2. The molecule has 0 saturated carbocycles. The quantitative estimate of drug-likeness (QED) is 0.821. The molecular weight excluding hydrogens is 226 g/mol. The summed E-state index contributed by atoms with van der Waals surface area (Å²) in [5.74, 6) is 0.806. The normalized spacial score (nSPS) is 17.2. The van der Waals surface area contributed by atoms with Gasteiger partial charge in [0.05, 0.1) is 0 Å². The lowest BCUT2D eigenvalue weighted by atomic mass is 9.97. The molecule has 0 aromatic carbocycles. The van der Waals surface area contributed by atoms with Gasteiger partial charge in [0.2, 0.25) is 0 Å². The fourth-order valence-corrected chi connectivity index (χ4v) is 4.02. The van der Waals surface area contributed by atoms with Gasteiger partial charge >= 0.3 is 0 Å². The van der Waals surface area contributed by atoms with Crippen LogP contribution in [0.25, 0.3) is 0 Å². The molecular formula is C15H25NS. The van der Waals surface area contributed by atoms with Crippen LogP contribution in [0.15, 0.2) is 6.07 Å². The van der Waals surface area contributed by atoms with Crippen molar-refractivity contribution in [3.8, 4) is 0 Å². The number of fused-ring (bicyclic) bond motifs is 1. The van der Waals surface area contributed by atoms with Crippen LogP contribution in [0.3, 0.4) is 0 Å². The fourth-order valence-electron chi connectivity index (χ4n) is 2.61. The van der Waals surface area contributed by atoms with E-state index in [2.05, 4.69) is 43.6 Å². The van der Waals surface area contributed by atoms with E-state index in [1.54, 1.807) is 15.3 Å². The highest BCUT2D eigenvalue weighted by Crippen LogP contribution is 2.34. The van der Waals surface area contributed by atoms with Gasteiger partial charge in [-0.05, 0) is 63.1 Å². The Morgan fingerprint density at radius 1 is 1.24 bits per heavy atom. The number of thiophene rings is 1. The zero-order valence-electron chi connectivity index (χ0n) is 11.4. The summed E-state index contributed by atoms with van der Waals surface area (Å²) in [4.78, 5) is 3.23. The first-order chi connectivity index (χ1) is 8.20. The average Bonchev–Trinajstić information content (AvgIpc) is 2.72. The topological polar surface area (TPSA) is 12.0 Å². The average molecular weight is 251 g/mol. The second-order valence-electron chi connectivity index (χ2n) is 5.62. The predicted octanol–water partition coefficient (Wildman–Crippen LogP) is 4.32. The van der Waals surface area contributed by atoms with Gasteiger partial charge in [0, 0.05) is 15.8 Å². The summed E-state index contributed by atoms with van der Waals surface area (Å²) in [7, 11) is 2.10. The second-order valence-corrected chi connectivity index (χ2v) is 6.79. The van der Waals surface area contributed by atoms with Crippen molar-refractivity contribution in [2.75, 3.05) is 7.05 Å². The first-order valence-electron chi connectivity index (χ1n) is 6.99. The molecule has 96 valence electrons. The van der Waals surface area contributed by atoms with Gasteiger partial charge in [-0.3, -0.25) is 0 Å². The molecule has 1 nitrogen and oxygen atoms in total. The number of aryl methyl sites for hydroxylation is 2. The van der Waals surface area contributed by atoms with Crippen LogP contribution in [0.1, 0.15) is 60.9 Å². The van der Waals surface area contributed by atoms with Gasteiger partial charge < -0.3 is 5.32 Å². The van der Waals surface area contributed by atoms with E-state index in [-0.39, 0.29) is 0 Å². The van der Waals surface area contributed by atoms with Crippen molar-refractivity contribution >= 4 is 11.3 Å². The summed E-state index contributed by atoms with van der Waals surface area (Å²) in [6.07, 6.45) is 8.00. The van der Waals surface area contributed by atoms with Gasteiger partial charge in [-0.15, -0.1) is 11.3 Å². The summed E-state index contributed by atoms with van der Waals surface area (Å²) in [6.45, 7) is 4.62. The Morgan fingerprint density at radius 3 is 2.65 bits per heavy atom. The Morgan fingerprint density at radius 2 is 2.00 bits per heavy atom. The standard InChI is InChI=1S/C15H25NS/c1-11(2)8-9-13(16-3)15-10-12-6-4-5-7-14(12)17-15/h10-11,13,16H,4-9H2,1-3H3. The Hall–Kier alpha value is -0.340. The van der Waals surface area contributed by atoms with Gasteiger partial charge in [-0.1, -0.05) is 13.8 Å². The number of nitrogens with one attached hydrogen (secondary N) is 1. The van der Waals surface area contributed by atoms with Crippen molar-refractivity contribution in [3.05, 3.63) is 21.4 Å². The van der Waals surface area contributed by atoms with E-state index in [4.69, 9.17) is 0 Å². The third-order valence-corrected chi connectivity index (χ3v) is 5.09. The molecule has 0 bridgehead atoms. The van der Waals surface area contributed by atoms with Crippen LogP contribution in [0.5, 0.6) is 0 Å². The van der Waals surface area contributed by atoms with Gasteiger partial charge in [0.15, 0.2) is 0 Å². The summed E-state index contributed by atoms with van der Waals surface area (Å²) >= 11 is 2.06. The van der Waals surface area contributed by atoms with Crippen molar-refractivity contribution in [2.24, 2.45) is 5.92 Å². The molecule has 1 aliphatic carbocycles. The Balaban J connectivity index is 2.05. The van der Waals surface area contributed by atoms with Crippen LogP contribution in [0.4, 0.5) is 0 Å². The van der Waals surface area contributed by atoms with Crippen LogP contribution in [0.2, 0.25) is 0 Å². The molecule has 0 aliphatic heterocycles. The van der Waals surface area contributed by atoms with E-state index in [9.17, 15) is 0 Å². The van der Waals surface area contributed by atoms with Gasteiger partial charge in [-0.25, -0.2) is 0 Å². The van der Waals surface area contributed by atoms with E-state index in [1.165, 1.54) is 38.5 Å². The molecule has 17 heavy (non-hydrogen) atoms. The molecule has 1 aromatic heterocycles. The Bertz CT molecular complexity index is 330. The lowest BCUT2D eigenvalue weighted by molar-refractivity contribution is 0.469. The molecule has 1 unspecified atom stereocenters. The third-order valence-electron chi connectivity index (χ3n) is 3.74. The number of hydrogen-bond donors (Lipinski definition) is 1. The lowest BCUT2D eigenvalue weighted by Crippen LogP contribution is -2.15. The molecule has 1 aliphatic rings. The SMILES string of the molecule is CNC(CCC(C)C)c1cc2c(s1)CCCC2. The van der Waals surface area contributed by atoms with Crippen molar-refractivity contribution in [3.63, 3.8) is 0 Å². The van der Waals surface area contributed by atoms with E-state index in [0.29, 0.717) is 6.04 Å². The van der Waals surface area contributed by atoms with Gasteiger partial charge in [0.1, 0.15) is 0 Å². The first-order valence-corrected chi connectivity index (χ1v) is 7.81. The Labute approximate surface area is 110 Å². The van der Waals surface area contributed by atoms with Crippen molar-refractivity contribution < 1.29 is 0 Å². The summed E-state index contributed by atoms with van der Waals surface area (Å²) in [5.41, 5.74) is 1.64. The van der Waals surface area contributed by atoms with Gasteiger partial charge in [-0.2, -0.15) is 0 Å². The predicted molar refractivity (Wildman–Crippen MR) is 76.8 cm³/mol. The maximum Gasteiger partial charge on any atom is 0.0412 e. The van der Waals surface area contributed by atoms with Crippen LogP contribution < -0.4 is 5.32 Å². The minimum atomic E-state index is 0.577. The van der Waals surface area contributed by atoms with Crippen molar-refractivity contribution in [2.45, 2.75) is 58.4 Å². The zero-order valence-corrected chi connectivity index (χ0v) is 12.2. The van der Waals surface area contributed by atoms with Crippen LogP contribution in [-0.2, 0) is 12.8 Å². The minimum Gasteiger partial charge on any atom is -0.312 e. The molecule has 1 aromatic rings. The Kier molecular flexibility index (Phi) is 4.63. The van der Waals surface area contributed by atoms with Crippen LogP contribution in [-0.4, -0.2) is 7.05 Å². The molecule has 0 saturated heterocycles. The smallest absolute Gasteiger partial charge is 0.0412 e. The van der Waals surface area contributed by atoms with E-state index < -0.39 is 0 Å². The largest absolute Gasteiger partial charge is 0.312 e. The molecule has 1 N–H and O–H groups in total. The lowest BCUT2D eigenvalue weighted by Gasteiger charge is -2.15. The highest BCUT2D eigenvalue weighted by atomic mass is 32.1. The summed E-state index contributed by atoms with van der Waals surface area (Å²) in [6, 6.07) is 3.05. The highest BCUT2D eigenvalue weighted by molar-refractivity contribution is 7.12. The van der Waals surface area contributed by atoms with Crippen LogP contribution in [0, 0.1) is 5.92 Å². The fraction of sp³-hybridized carbons (Fsp3) is 0.733. The molecule has 0 amide bonds. The zero-order chi connectivity index (χ0) is 12.3. The second kappa shape index (κ2) is 6.01. The van der Waals surface area contributed by atoms with E-state index in [0.717, 1.165) is 5.92 Å². The highest BCUT2D eigenvalue weighted by Gasteiger charge is 2.18. The molecule has 1 atom stereocenters. The number of rotatable bonds is 5. The first kappa shape index (κ1) is 13.1. The molecule has 2 heteroatoms. The third kappa shape index (κ3) is 3.32. The van der Waals surface area contributed by atoms with Gasteiger partial charge in [0.25, 0.3) is 0 Å². The molecule has 0 spiro atoms. The van der Waals surface area contributed by atoms with Crippen molar-refractivity contribution in [1.82, 2.24) is 5.32 Å². The monoisotopic (exact) mass is 251 g/mol.